The molecule has 2 aliphatic rings. The molecule has 2 nitrogen and oxygen atoms in total. The minimum absolute atomic E-state index is 0.0784. The van der Waals surface area contributed by atoms with Gasteiger partial charge in [0.2, 0.25) is 5.90 Å². The van der Waals surface area contributed by atoms with Crippen molar-refractivity contribution in [3.05, 3.63) is 36.5 Å². The van der Waals surface area contributed by atoms with E-state index < -0.39 is 0 Å². The topological polar surface area (TPSA) is 21.6 Å². The molecule has 2 rings (SSSR count). The average molecular weight is 231 g/mol. The monoisotopic (exact) mass is 231 g/mol. The van der Waals surface area contributed by atoms with Gasteiger partial charge in [-0.1, -0.05) is 31.2 Å². The minimum Gasteiger partial charge on any atom is -0.475 e. The van der Waals surface area contributed by atoms with Crippen molar-refractivity contribution in [1.29, 1.82) is 0 Å². The van der Waals surface area contributed by atoms with Crippen molar-refractivity contribution in [2.75, 3.05) is 6.61 Å². The molecule has 0 saturated carbocycles. The second-order valence-corrected chi connectivity index (χ2v) is 5.50. The van der Waals surface area contributed by atoms with Gasteiger partial charge in [0.05, 0.1) is 5.54 Å². The highest BCUT2D eigenvalue weighted by Gasteiger charge is 2.32. The summed E-state index contributed by atoms with van der Waals surface area (Å²) in [6.45, 7) is 10.9. The molecule has 0 N–H and O–H groups in total. The maximum atomic E-state index is 5.73. The van der Waals surface area contributed by atoms with Crippen LogP contribution < -0.4 is 0 Å². The van der Waals surface area contributed by atoms with Crippen molar-refractivity contribution in [2.24, 2.45) is 16.8 Å². The Kier molecular flexibility index (Phi) is 3.23. The maximum Gasteiger partial charge on any atom is 0.212 e. The van der Waals surface area contributed by atoms with Crippen LogP contribution in [0.5, 0.6) is 0 Å². The first-order valence-corrected chi connectivity index (χ1v) is 6.26. The van der Waals surface area contributed by atoms with Crippen LogP contribution in [0.25, 0.3) is 0 Å². The van der Waals surface area contributed by atoms with Crippen LogP contribution in [0.2, 0.25) is 0 Å². The molecule has 2 atom stereocenters. The lowest BCUT2D eigenvalue weighted by Gasteiger charge is -2.25. The van der Waals surface area contributed by atoms with E-state index in [1.807, 2.05) is 6.08 Å². The van der Waals surface area contributed by atoms with Crippen LogP contribution in [-0.2, 0) is 4.74 Å². The van der Waals surface area contributed by atoms with E-state index in [1.165, 1.54) is 5.57 Å². The van der Waals surface area contributed by atoms with E-state index in [1.54, 1.807) is 0 Å². The summed E-state index contributed by atoms with van der Waals surface area (Å²) in [5.41, 5.74) is 1.15. The molecule has 1 heterocycles. The Balaban J connectivity index is 2.20. The van der Waals surface area contributed by atoms with E-state index in [2.05, 4.69) is 50.6 Å². The highest BCUT2D eigenvalue weighted by molar-refractivity contribution is 5.96. The predicted octanol–water partition coefficient (Wildman–Crippen LogP) is 3.52. The highest BCUT2D eigenvalue weighted by atomic mass is 16.5. The molecule has 1 aliphatic heterocycles. The molecule has 0 aromatic carbocycles. The van der Waals surface area contributed by atoms with Crippen molar-refractivity contribution in [1.82, 2.24) is 0 Å². The van der Waals surface area contributed by atoms with Gasteiger partial charge in [0.1, 0.15) is 6.61 Å². The van der Waals surface area contributed by atoms with E-state index >= 15 is 0 Å². The summed E-state index contributed by atoms with van der Waals surface area (Å²) in [4.78, 5) is 4.66. The summed E-state index contributed by atoms with van der Waals surface area (Å²) >= 11 is 0. The third-order valence-electron chi connectivity index (χ3n) is 3.42. The summed E-state index contributed by atoms with van der Waals surface area (Å²) < 4.78 is 5.73. The highest BCUT2D eigenvalue weighted by Crippen LogP contribution is 2.32. The number of rotatable bonds is 3. The van der Waals surface area contributed by atoms with Crippen LogP contribution in [0.3, 0.4) is 0 Å². The lowest BCUT2D eigenvalue weighted by Crippen LogP contribution is -2.20. The van der Waals surface area contributed by atoms with E-state index in [0.717, 1.165) is 12.3 Å². The molecule has 0 fully saturated rings. The Morgan fingerprint density at radius 2 is 2.35 bits per heavy atom. The number of hydrogen-bond acceptors (Lipinski definition) is 2. The Labute approximate surface area is 104 Å². The van der Waals surface area contributed by atoms with Gasteiger partial charge in [0, 0.05) is 5.57 Å². The smallest absolute Gasteiger partial charge is 0.212 e. The molecule has 0 bridgehead atoms. The fourth-order valence-electron chi connectivity index (χ4n) is 2.32. The molecule has 0 aromatic heterocycles. The zero-order chi connectivity index (χ0) is 12.5. The number of nitrogens with zero attached hydrogens (tertiary/aromatic N) is 1. The predicted molar refractivity (Wildman–Crippen MR) is 72.2 cm³/mol. The Hall–Kier alpha value is -1.31. The van der Waals surface area contributed by atoms with Crippen molar-refractivity contribution in [2.45, 2.75) is 32.7 Å². The third kappa shape index (κ3) is 2.51. The molecule has 0 aromatic rings. The van der Waals surface area contributed by atoms with Crippen LogP contribution in [-0.4, -0.2) is 18.0 Å². The van der Waals surface area contributed by atoms with Crippen LogP contribution in [0.4, 0.5) is 0 Å². The second-order valence-electron chi connectivity index (χ2n) is 5.50. The molecule has 0 radical (unpaired) electrons. The molecule has 0 saturated heterocycles. The van der Waals surface area contributed by atoms with Gasteiger partial charge in [-0.15, -0.1) is 6.58 Å². The molecule has 0 amide bonds. The normalized spacial score (nSPS) is 30.5. The van der Waals surface area contributed by atoms with Crippen molar-refractivity contribution in [3.8, 4) is 0 Å². The maximum absolute atomic E-state index is 5.73. The van der Waals surface area contributed by atoms with Crippen molar-refractivity contribution in [3.63, 3.8) is 0 Å². The van der Waals surface area contributed by atoms with Gasteiger partial charge in [0.15, 0.2) is 0 Å². The van der Waals surface area contributed by atoms with Crippen LogP contribution >= 0.6 is 0 Å². The minimum atomic E-state index is -0.0784. The fourth-order valence-corrected chi connectivity index (χ4v) is 2.32. The number of aliphatic imine (C=N–C) groups is 1. The van der Waals surface area contributed by atoms with E-state index in [9.17, 15) is 0 Å². The van der Waals surface area contributed by atoms with Gasteiger partial charge in [-0.25, -0.2) is 4.99 Å². The second kappa shape index (κ2) is 4.52. The first kappa shape index (κ1) is 12.2. The summed E-state index contributed by atoms with van der Waals surface area (Å²) in [6, 6.07) is 0. The Bertz CT molecular complexity index is 401. The summed E-state index contributed by atoms with van der Waals surface area (Å²) in [6.07, 6.45) is 9.48. The molecule has 17 heavy (non-hydrogen) atoms. The van der Waals surface area contributed by atoms with Crippen molar-refractivity contribution >= 4 is 5.90 Å². The molecule has 0 unspecified atom stereocenters. The van der Waals surface area contributed by atoms with Gasteiger partial charge in [-0.05, 0) is 32.1 Å². The van der Waals surface area contributed by atoms with Crippen LogP contribution in [0.15, 0.2) is 41.4 Å². The van der Waals surface area contributed by atoms with E-state index in [-0.39, 0.29) is 5.54 Å². The zero-order valence-electron chi connectivity index (χ0n) is 10.9. The van der Waals surface area contributed by atoms with Gasteiger partial charge >= 0.3 is 0 Å². The Morgan fingerprint density at radius 1 is 1.59 bits per heavy atom. The van der Waals surface area contributed by atoms with Gasteiger partial charge in [-0.2, -0.15) is 0 Å². The zero-order valence-corrected chi connectivity index (χ0v) is 10.9. The average Bonchev–Trinajstić information content (AvgIpc) is 2.62. The summed E-state index contributed by atoms with van der Waals surface area (Å²) in [5.74, 6) is 1.80. The third-order valence-corrected chi connectivity index (χ3v) is 3.42. The fraction of sp³-hybridized carbons (Fsp3) is 0.533. The SMILES string of the molecule is C=CC[C@@H]1C=CC=C(C2=NC(C)(C)CO2)[C@H]1C. The van der Waals surface area contributed by atoms with Gasteiger partial charge in [-0.3, -0.25) is 0 Å². The molecule has 92 valence electrons. The molecule has 0 spiro atoms. The molecule has 2 heteroatoms. The standard InChI is InChI=1S/C15H21NO/c1-5-7-12-8-6-9-13(11(12)2)14-16-15(3,4)10-17-14/h5-6,8-9,11-12H,1,7,10H2,2-4H3/t11-,12+/m0/s1. The Morgan fingerprint density at radius 3 is 2.94 bits per heavy atom. The van der Waals surface area contributed by atoms with Crippen LogP contribution in [0, 0.1) is 11.8 Å². The van der Waals surface area contributed by atoms with Gasteiger partial charge < -0.3 is 4.74 Å². The summed E-state index contributed by atoms with van der Waals surface area (Å²) in [5, 5.41) is 0. The van der Waals surface area contributed by atoms with Gasteiger partial charge in [0.25, 0.3) is 0 Å². The molecular weight excluding hydrogens is 210 g/mol. The van der Waals surface area contributed by atoms with E-state index in [4.69, 9.17) is 4.74 Å². The lowest BCUT2D eigenvalue weighted by molar-refractivity contribution is 0.276. The van der Waals surface area contributed by atoms with Crippen LogP contribution in [0.1, 0.15) is 27.2 Å². The molecule has 1 aliphatic carbocycles. The first-order valence-electron chi connectivity index (χ1n) is 6.26. The first-order chi connectivity index (χ1) is 8.03. The molecular formula is C15H21NO. The van der Waals surface area contributed by atoms with Crippen molar-refractivity contribution < 1.29 is 4.74 Å². The largest absolute Gasteiger partial charge is 0.475 e. The lowest BCUT2D eigenvalue weighted by atomic mass is 9.81. The number of ether oxygens (including phenoxy) is 1. The van der Waals surface area contributed by atoms with E-state index in [0.29, 0.717) is 18.4 Å². The number of allylic oxidation sites excluding steroid dienone is 4. The quantitative estimate of drug-likeness (QED) is 0.681. The number of hydrogen-bond donors (Lipinski definition) is 0. The summed E-state index contributed by atoms with van der Waals surface area (Å²) in [7, 11) is 0.